The van der Waals surface area contributed by atoms with Crippen LogP contribution >= 0.6 is 0 Å². The van der Waals surface area contributed by atoms with Gasteiger partial charge in [-0.2, -0.15) is 0 Å². The van der Waals surface area contributed by atoms with Crippen LogP contribution in [-0.4, -0.2) is 50.9 Å². The van der Waals surface area contributed by atoms with Crippen molar-refractivity contribution in [3.63, 3.8) is 0 Å². The molecule has 1 aliphatic rings. The number of aliphatic hydroxyl groups excluding tert-OH is 1. The Morgan fingerprint density at radius 2 is 1.63 bits per heavy atom. The van der Waals surface area contributed by atoms with Gasteiger partial charge in [-0.3, -0.25) is 14.5 Å². The van der Waals surface area contributed by atoms with Gasteiger partial charge in [0.15, 0.2) is 0 Å². The third-order valence-electron chi connectivity index (χ3n) is 9.76. The van der Waals surface area contributed by atoms with Crippen molar-refractivity contribution in [1.82, 2.24) is 10.3 Å². The van der Waals surface area contributed by atoms with Crippen LogP contribution in [0.4, 0.5) is 16.2 Å². The number of hydrogen-bond donors (Lipinski definition) is 7. The van der Waals surface area contributed by atoms with Crippen LogP contribution < -0.4 is 26.8 Å². The van der Waals surface area contributed by atoms with E-state index in [1.807, 2.05) is 72.8 Å². The number of hydrogen-bond acceptors (Lipinski definition) is 7. The number of anilines is 2. The van der Waals surface area contributed by atoms with Gasteiger partial charge in [0.05, 0.1) is 17.3 Å². The summed E-state index contributed by atoms with van der Waals surface area (Å²) in [5.41, 5.74) is 11.8. The van der Waals surface area contributed by atoms with E-state index in [9.17, 15) is 29.7 Å². The first-order chi connectivity index (χ1) is 25.2. The molecule has 8 N–H and O–H groups in total. The number of nitrogens with zero attached hydrogens (tertiary/aromatic N) is 1. The zero-order valence-corrected chi connectivity index (χ0v) is 28.9. The highest BCUT2D eigenvalue weighted by Crippen LogP contribution is 2.36. The number of H-pyrrole nitrogens is 1. The van der Waals surface area contributed by atoms with Crippen LogP contribution in [0, 0.1) is 0 Å². The van der Waals surface area contributed by atoms with Gasteiger partial charge in [0.25, 0.3) is 0 Å². The maximum absolute atomic E-state index is 12.9. The van der Waals surface area contributed by atoms with Crippen molar-refractivity contribution in [3.05, 3.63) is 124 Å². The highest BCUT2D eigenvalue weighted by molar-refractivity contribution is 5.94. The number of fused-ring (bicyclic) bond motifs is 1. The number of carbonyl (C=O) groups excluding carboxylic acids is 1. The summed E-state index contributed by atoms with van der Waals surface area (Å²) < 4.78 is 0. The molecule has 1 aliphatic carbocycles. The Hall–Kier alpha value is -5.49. The fourth-order valence-electron chi connectivity index (χ4n) is 7.00. The van der Waals surface area contributed by atoms with Crippen LogP contribution in [-0.2, 0) is 17.8 Å². The molecule has 1 aromatic heterocycles. The summed E-state index contributed by atoms with van der Waals surface area (Å²) in [5, 5.41) is 38.1. The largest absolute Gasteiger partial charge is 0.506 e. The minimum atomic E-state index is -0.976. The van der Waals surface area contributed by atoms with Crippen molar-refractivity contribution >= 4 is 34.3 Å². The monoisotopic (exact) mass is 703 g/mol. The molecular weight excluding hydrogens is 658 g/mol. The average Bonchev–Trinajstić information content (AvgIpc) is 3.14. The summed E-state index contributed by atoms with van der Waals surface area (Å²) in [7, 11) is 0. The van der Waals surface area contributed by atoms with E-state index in [2.05, 4.69) is 15.6 Å². The SMILES string of the molecule is NC1CCC(N(C(=O)O)c2cc(CCCC(=O)Nc3ccc(CNC[C@@H](O)c4ccc(O)c5[nH]c(=O)ccc45)cc3)ccc2-c2ccccc2)CC1. The van der Waals surface area contributed by atoms with Crippen LogP contribution in [0.2, 0.25) is 0 Å². The highest BCUT2D eigenvalue weighted by Gasteiger charge is 2.30. The molecule has 1 fully saturated rings. The lowest BCUT2D eigenvalue weighted by molar-refractivity contribution is -0.116. The first-order valence-electron chi connectivity index (χ1n) is 17.7. The normalized spacial score (nSPS) is 16.3. The third-order valence-corrected chi connectivity index (χ3v) is 9.76. The van der Waals surface area contributed by atoms with Crippen molar-refractivity contribution in [1.29, 1.82) is 0 Å². The van der Waals surface area contributed by atoms with Gasteiger partial charge in [-0.05, 0) is 91.1 Å². The van der Waals surface area contributed by atoms with Crippen molar-refractivity contribution in [2.45, 2.75) is 69.7 Å². The number of aromatic hydroxyl groups is 1. The maximum Gasteiger partial charge on any atom is 0.412 e. The van der Waals surface area contributed by atoms with Crippen LogP contribution in [0.15, 0.2) is 102 Å². The fraction of sp³-hybridized carbons (Fsp3) is 0.293. The predicted molar refractivity (Wildman–Crippen MR) is 204 cm³/mol. The summed E-state index contributed by atoms with van der Waals surface area (Å²) in [6.45, 7) is 0.731. The van der Waals surface area contributed by atoms with E-state index >= 15 is 0 Å². The minimum absolute atomic E-state index is 0.0585. The van der Waals surface area contributed by atoms with Crippen LogP contribution in [0.3, 0.4) is 0 Å². The molecule has 1 heterocycles. The highest BCUT2D eigenvalue weighted by atomic mass is 16.4. The van der Waals surface area contributed by atoms with Gasteiger partial charge in [0.2, 0.25) is 11.5 Å². The van der Waals surface area contributed by atoms with E-state index in [-0.39, 0.29) is 41.4 Å². The van der Waals surface area contributed by atoms with E-state index in [0.717, 1.165) is 47.9 Å². The van der Waals surface area contributed by atoms with Crippen molar-refractivity contribution in [2.24, 2.45) is 5.73 Å². The number of aromatic nitrogens is 1. The summed E-state index contributed by atoms with van der Waals surface area (Å²) in [6, 6.07) is 29.2. The molecule has 0 aliphatic heterocycles. The minimum Gasteiger partial charge on any atom is -0.506 e. The molecule has 0 unspecified atom stereocenters. The van der Waals surface area contributed by atoms with Crippen LogP contribution in [0.25, 0.3) is 22.0 Å². The quantitative estimate of drug-likeness (QED) is 0.0732. The number of aliphatic hydroxyl groups is 1. The number of rotatable bonds is 13. The predicted octanol–water partition coefficient (Wildman–Crippen LogP) is 6.44. The molecule has 1 saturated carbocycles. The van der Waals surface area contributed by atoms with Gasteiger partial charge in [0, 0.05) is 54.3 Å². The van der Waals surface area contributed by atoms with Gasteiger partial charge in [0.1, 0.15) is 5.75 Å². The van der Waals surface area contributed by atoms with Crippen LogP contribution in [0.5, 0.6) is 5.75 Å². The Balaban J connectivity index is 1.02. The number of phenols is 1. The molecule has 0 spiro atoms. The fourth-order valence-corrected chi connectivity index (χ4v) is 7.00. The molecule has 0 saturated heterocycles. The number of nitrogens with two attached hydrogens (primary N) is 1. The third kappa shape index (κ3) is 8.86. The smallest absolute Gasteiger partial charge is 0.412 e. The van der Waals surface area contributed by atoms with E-state index in [0.29, 0.717) is 48.1 Å². The Kier molecular flexibility index (Phi) is 11.6. The number of aromatic amines is 1. The molecule has 11 heteroatoms. The lowest BCUT2D eigenvalue weighted by Crippen LogP contribution is -2.44. The van der Waals surface area contributed by atoms with Gasteiger partial charge < -0.3 is 36.7 Å². The van der Waals surface area contributed by atoms with Gasteiger partial charge >= 0.3 is 6.09 Å². The van der Waals surface area contributed by atoms with Gasteiger partial charge in [-0.1, -0.05) is 60.7 Å². The zero-order valence-electron chi connectivity index (χ0n) is 28.9. The number of amides is 2. The molecule has 5 aromatic rings. The summed E-state index contributed by atoms with van der Waals surface area (Å²) in [5.74, 6) is -0.167. The van der Waals surface area contributed by atoms with E-state index in [1.54, 1.807) is 12.1 Å². The second-order valence-corrected chi connectivity index (χ2v) is 13.5. The summed E-state index contributed by atoms with van der Waals surface area (Å²) in [6.07, 6.45) is 2.69. The lowest BCUT2D eigenvalue weighted by Gasteiger charge is -2.35. The molecule has 270 valence electrons. The standard InChI is InChI=1S/C41H45N5O6/c42-29-12-16-31(17-13-29)46(41(51)52)35-23-26(11-18-32(35)28-6-2-1-3-7-28)5-4-8-38(49)44-30-14-9-27(10-15-30)24-43-25-37(48)33-19-21-36(47)40-34(33)20-22-39(50)45-40/h1-3,6-7,9-11,14-15,18-23,29,31,37,43,47-48H,4-5,8,12-13,16-17,24-25,42H2,(H,44,49)(H,45,50)(H,51,52)/t29?,31?,37-/m1/s1. The van der Waals surface area contributed by atoms with Crippen molar-refractivity contribution < 1.29 is 24.9 Å². The molecule has 4 aromatic carbocycles. The molecule has 11 nitrogen and oxygen atoms in total. The Labute approximate surface area is 302 Å². The number of pyridine rings is 1. The summed E-state index contributed by atoms with van der Waals surface area (Å²) >= 11 is 0. The van der Waals surface area contributed by atoms with Crippen molar-refractivity contribution in [2.75, 3.05) is 16.8 Å². The number of benzene rings is 4. The molecule has 0 bridgehead atoms. The number of phenolic OH excluding ortho intramolecular Hbond substituents is 1. The molecule has 1 atom stereocenters. The summed E-state index contributed by atoms with van der Waals surface area (Å²) in [4.78, 5) is 41.4. The Morgan fingerprint density at radius 3 is 2.37 bits per heavy atom. The topological polar surface area (TPSA) is 181 Å². The maximum atomic E-state index is 12.9. The van der Waals surface area contributed by atoms with Crippen LogP contribution in [0.1, 0.15) is 61.3 Å². The molecule has 0 radical (unpaired) electrons. The average molecular weight is 704 g/mol. The number of carbonyl (C=O) groups is 2. The molecule has 2 amide bonds. The molecule has 52 heavy (non-hydrogen) atoms. The van der Waals surface area contributed by atoms with Gasteiger partial charge in [-0.15, -0.1) is 0 Å². The number of aryl methyl sites for hydroxylation is 1. The first-order valence-corrected chi connectivity index (χ1v) is 17.7. The van der Waals surface area contributed by atoms with E-state index in [4.69, 9.17) is 5.73 Å². The van der Waals surface area contributed by atoms with E-state index < -0.39 is 12.2 Å². The zero-order chi connectivity index (χ0) is 36.6. The Morgan fingerprint density at radius 1 is 0.904 bits per heavy atom. The Bertz CT molecular complexity index is 2060. The first kappa shape index (κ1) is 36.3. The second kappa shape index (κ2) is 16.7. The molecular formula is C41H45N5O6. The lowest BCUT2D eigenvalue weighted by atomic mass is 9.89. The van der Waals surface area contributed by atoms with E-state index in [1.165, 1.54) is 17.0 Å². The second-order valence-electron chi connectivity index (χ2n) is 13.5. The van der Waals surface area contributed by atoms with Gasteiger partial charge in [-0.25, -0.2) is 4.79 Å². The molecule has 6 rings (SSSR count). The van der Waals surface area contributed by atoms with Crippen molar-refractivity contribution in [3.8, 4) is 16.9 Å². The number of carboxylic acid groups (broad SMARTS) is 1. The number of nitrogens with one attached hydrogen (secondary N) is 3.